The molecule has 10 nitrogen and oxygen atoms in total. The van der Waals surface area contributed by atoms with Crippen LogP contribution in [0.3, 0.4) is 0 Å². The summed E-state index contributed by atoms with van der Waals surface area (Å²) in [6, 6.07) is 6.05. The smallest absolute Gasteiger partial charge is 0.352 e. The Labute approximate surface area is 224 Å². The van der Waals surface area contributed by atoms with Crippen molar-refractivity contribution in [1.82, 2.24) is 14.9 Å². The molecule has 38 heavy (non-hydrogen) atoms. The quantitative estimate of drug-likeness (QED) is 0.243. The molecule has 0 saturated carbocycles. The van der Waals surface area contributed by atoms with Gasteiger partial charge in [0.1, 0.15) is 5.70 Å². The molecule has 0 fully saturated rings. The van der Waals surface area contributed by atoms with Gasteiger partial charge in [0.15, 0.2) is 0 Å². The Morgan fingerprint density at radius 2 is 1.74 bits per heavy atom. The van der Waals surface area contributed by atoms with Crippen LogP contribution in [0.5, 0.6) is 0 Å². The van der Waals surface area contributed by atoms with Crippen molar-refractivity contribution in [3.05, 3.63) is 53.3 Å². The Morgan fingerprint density at radius 1 is 1.05 bits per heavy atom. The number of unbranched alkanes of at least 4 members (excludes halogenated alkanes) is 3. The molecule has 0 saturated heterocycles. The van der Waals surface area contributed by atoms with Gasteiger partial charge in [0.05, 0.1) is 4.90 Å². The number of hydrogen-bond acceptors (Lipinski definition) is 7. The van der Waals surface area contributed by atoms with Gasteiger partial charge in [-0.2, -0.15) is 0 Å². The summed E-state index contributed by atoms with van der Waals surface area (Å²) in [7, 11) is -4.17. The number of carbonyl (C=O) groups excluding carboxylic acids is 2. The zero-order valence-electron chi connectivity index (χ0n) is 22.3. The molecule has 2 rings (SSSR count). The molecule has 4 N–H and O–H groups in total. The van der Waals surface area contributed by atoms with E-state index in [1.54, 1.807) is 26.0 Å². The summed E-state index contributed by atoms with van der Waals surface area (Å²) < 4.78 is 27.7. The summed E-state index contributed by atoms with van der Waals surface area (Å²) in [4.78, 5) is 37.6. The number of aliphatic carboxylic acids is 1. The topological polar surface area (TPSA) is 153 Å². The lowest BCUT2D eigenvalue weighted by Crippen LogP contribution is -2.43. The van der Waals surface area contributed by atoms with Crippen molar-refractivity contribution in [3.8, 4) is 0 Å². The summed E-state index contributed by atoms with van der Waals surface area (Å²) in [5, 5.41) is 21.9. The number of aliphatic hydroxyl groups is 1. The highest BCUT2D eigenvalue weighted by Gasteiger charge is 2.30. The first-order valence-corrected chi connectivity index (χ1v) is 14.3. The van der Waals surface area contributed by atoms with Gasteiger partial charge >= 0.3 is 5.97 Å². The van der Waals surface area contributed by atoms with Gasteiger partial charge in [0.2, 0.25) is 5.91 Å². The predicted octanol–water partition coefficient (Wildman–Crippen LogP) is 2.35. The largest absolute Gasteiger partial charge is 0.477 e. The molecule has 0 atom stereocenters. The van der Waals surface area contributed by atoms with Crippen molar-refractivity contribution in [2.75, 3.05) is 26.2 Å². The fourth-order valence-corrected chi connectivity index (χ4v) is 4.91. The number of amides is 2. The zero-order chi connectivity index (χ0) is 28.3. The van der Waals surface area contributed by atoms with Gasteiger partial charge in [-0.05, 0) is 42.7 Å². The van der Waals surface area contributed by atoms with Gasteiger partial charge in [-0.3, -0.25) is 9.59 Å². The normalized spacial score (nSPS) is 13.9. The fraction of sp³-hybridized carbons (Fsp3) is 0.519. The molecule has 1 aliphatic heterocycles. The van der Waals surface area contributed by atoms with Gasteiger partial charge in [-0.25, -0.2) is 17.9 Å². The number of allylic oxidation sites excluding steroid dienone is 2. The lowest BCUT2D eigenvalue weighted by Gasteiger charge is -2.35. The van der Waals surface area contributed by atoms with Crippen LogP contribution >= 0.6 is 0 Å². The molecule has 0 aromatic heterocycles. The molecule has 2 amide bonds. The van der Waals surface area contributed by atoms with Gasteiger partial charge in [-0.1, -0.05) is 52.2 Å². The van der Waals surface area contributed by atoms with Crippen molar-refractivity contribution < 1.29 is 33.0 Å². The van der Waals surface area contributed by atoms with E-state index in [0.717, 1.165) is 31.2 Å². The maximum atomic E-state index is 12.8. The molecule has 0 bridgehead atoms. The second-order valence-electron chi connectivity index (χ2n) is 10.2. The van der Waals surface area contributed by atoms with Crippen LogP contribution < -0.4 is 10.0 Å². The minimum Gasteiger partial charge on any atom is -0.477 e. The number of sulfonamides is 1. The molecule has 11 heteroatoms. The summed E-state index contributed by atoms with van der Waals surface area (Å²) in [6.45, 7) is 5.90. The SMILES string of the molecule is CCCCCCC(=O)NCCc1ccc(S(=O)(=O)NC(=O)C2=CC=C(C(=O)O)N(CC(C)(C)CO)C2)cc1. The molecule has 0 aliphatic carbocycles. The van der Waals surface area contributed by atoms with Crippen molar-refractivity contribution >= 4 is 27.8 Å². The average Bonchev–Trinajstić information content (AvgIpc) is 2.86. The number of rotatable bonds is 15. The average molecular weight is 550 g/mol. The Bertz CT molecular complexity index is 1160. The molecule has 0 radical (unpaired) electrons. The number of aliphatic hydroxyl groups excluding tert-OH is 1. The second kappa shape index (κ2) is 14.1. The first kappa shape index (κ1) is 31.0. The Kier molecular flexibility index (Phi) is 11.5. The molecule has 1 aliphatic rings. The summed E-state index contributed by atoms with van der Waals surface area (Å²) in [5.41, 5.74) is 0.229. The highest BCUT2D eigenvalue weighted by Crippen LogP contribution is 2.23. The van der Waals surface area contributed by atoms with Crippen LogP contribution in [0.4, 0.5) is 0 Å². The van der Waals surface area contributed by atoms with Crippen molar-refractivity contribution in [1.29, 1.82) is 0 Å². The summed E-state index contributed by atoms with van der Waals surface area (Å²) >= 11 is 0. The van der Waals surface area contributed by atoms with Crippen molar-refractivity contribution in [3.63, 3.8) is 0 Å². The van der Waals surface area contributed by atoms with Gasteiger partial charge in [-0.15, -0.1) is 0 Å². The molecule has 1 aromatic rings. The highest BCUT2D eigenvalue weighted by atomic mass is 32.2. The maximum Gasteiger partial charge on any atom is 0.352 e. The first-order chi connectivity index (χ1) is 17.9. The molecule has 210 valence electrons. The van der Waals surface area contributed by atoms with Gasteiger partial charge in [0, 0.05) is 43.7 Å². The third-order valence-electron chi connectivity index (χ3n) is 6.16. The van der Waals surface area contributed by atoms with E-state index in [-0.39, 0.29) is 41.8 Å². The zero-order valence-corrected chi connectivity index (χ0v) is 23.1. The number of hydrogen-bond donors (Lipinski definition) is 4. The maximum absolute atomic E-state index is 12.8. The van der Waals surface area contributed by atoms with E-state index < -0.39 is 27.3 Å². The van der Waals surface area contributed by atoms with Crippen LogP contribution in [-0.4, -0.2) is 67.6 Å². The van der Waals surface area contributed by atoms with Gasteiger partial charge < -0.3 is 20.4 Å². The van der Waals surface area contributed by atoms with Crippen molar-refractivity contribution in [2.24, 2.45) is 5.41 Å². The fourth-order valence-electron chi connectivity index (χ4n) is 3.92. The minimum absolute atomic E-state index is 0.00356. The number of carboxylic acids is 1. The number of carboxylic acid groups (broad SMARTS) is 1. The summed E-state index contributed by atoms with van der Waals surface area (Å²) in [6.07, 6.45) is 7.71. The monoisotopic (exact) mass is 549 g/mol. The van der Waals surface area contributed by atoms with Crippen LogP contribution in [0.1, 0.15) is 58.4 Å². The third kappa shape index (κ3) is 9.60. The van der Waals surface area contributed by atoms with E-state index in [9.17, 15) is 33.0 Å². The van der Waals surface area contributed by atoms with Gasteiger partial charge in [0.25, 0.3) is 15.9 Å². The van der Waals surface area contributed by atoms with E-state index in [2.05, 4.69) is 12.2 Å². The van der Waals surface area contributed by atoms with Crippen LogP contribution in [-0.2, 0) is 30.8 Å². The standard InChI is InChI=1S/C27H39N3O7S/c1-4-5-6-7-8-24(32)28-16-15-20-9-12-22(13-10-20)38(36,37)29-25(33)21-11-14-23(26(34)35)30(17-21)18-27(2,3)19-31/h9-14,31H,4-8,15-19H2,1-3H3,(H,28,32)(H,29,33)(H,34,35). The van der Waals surface area contributed by atoms with E-state index in [0.29, 0.717) is 19.4 Å². The molecular formula is C27H39N3O7S. The Balaban J connectivity index is 1.97. The molecule has 0 spiro atoms. The second-order valence-corrected chi connectivity index (χ2v) is 11.9. The molecule has 0 unspecified atom stereocenters. The highest BCUT2D eigenvalue weighted by molar-refractivity contribution is 7.90. The molecule has 1 aromatic carbocycles. The number of benzene rings is 1. The van der Waals surface area contributed by atoms with Crippen LogP contribution in [0, 0.1) is 5.41 Å². The summed E-state index contributed by atoms with van der Waals surface area (Å²) in [5.74, 6) is -2.04. The lowest BCUT2D eigenvalue weighted by molar-refractivity contribution is -0.135. The lowest BCUT2D eigenvalue weighted by atomic mass is 9.93. The predicted molar refractivity (Wildman–Crippen MR) is 143 cm³/mol. The Morgan fingerprint density at radius 3 is 2.34 bits per heavy atom. The number of carbonyl (C=O) groups is 3. The van der Waals surface area contributed by atoms with E-state index in [1.165, 1.54) is 29.2 Å². The third-order valence-corrected chi connectivity index (χ3v) is 7.50. The van der Waals surface area contributed by atoms with Crippen molar-refractivity contribution in [2.45, 2.75) is 64.2 Å². The van der Waals surface area contributed by atoms with E-state index in [4.69, 9.17) is 0 Å². The first-order valence-electron chi connectivity index (χ1n) is 12.8. The van der Waals surface area contributed by atoms with E-state index >= 15 is 0 Å². The molecule has 1 heterocycles. The Hall–Kier alpha value is -3.18. The van der Waals surface area contributed by atoms with E-state index in [1.807, 2.05) is 4.72 Å². The number of nitrogens with zero attached hydrogens (tertiary/aromatic N) is 1. The van der Waals surface area contributed by atoms with Crippen LogP contribution in [0.15, 0.2) is 52.6 Å². The molecular weight excluding hydrogens is 510 g/mol. The van der Waals surface area contributed by atoms with Crippen LogP contribution in [0.2, 0.25) is 0 Å². The van der Waals surface area contributed by atoms with Crippen LogP contribution in [0.25, 0.3) is 0 Å². The minimum atomic E-state index is -4.17. The number of nitrogens with one attached hydrogen (secondary N) is 2.